The summed E-state index contributed by atoms with van der Waals surface area (Å²) in [5, 5.41) is 4.05. The van der Waals surface area contributed by atoms with E-state index in [4.69, 9.17) is 4.84 Å². The number of hydrogen-bond acceptors (Lipinski definition) is 2. The molecule has 2 aliphatic rings. The molecule has 0 aromatic heterocycles. The van der Waals surface area contributed by atoms with Gasteiger partial charge < -0.3 is 4.84 Å². The van der Waals surface area contributed by atoms with Crippen LogP contribution in [0.2, 0.25) is 0 Å². The smallest absolute Gasteiger partial charge is 0.106 e. The van der Waals surface area contributed by atoms with Crippen molar-refractivity contribution in [3.63, 3.8) is 0 Å². The number of nitrogens with zero attached hydrogens (tertiary/aromatic N) is 1. The molecule has 0 fully saturated rings. The maximum absolute atomic E-state index is 4.87. The van der Waals surface area contributed by atoms with Gasteiger partial charge in [0, 0.05) is 5.92 Å². The summed E-state index contributed by atoms with van der Waals surface area (Å²) in [5.41, 5.74) is 6.87. The molecule has 1 aromatic rings. The van der Waals surface area contributed by atoms with Crippen LogP contribution < -0.4 is 0 Å². The SMILES string of the molecule is CO/N=C(/C)C1C=CC2=C(Cc3ccccc32)C1. The molecular formula is C16H17NO. The molecule has 0 heterocycles. The topological polar surface area (TPSA) is 21.6 Å². The molecule has 0 bridgehead atoms. The molecule has 2 nitrogen and oxygen atoms in total. The molecule has 1 atom stereocenters. The fraction of sp³-hybridized carbons (Fsp3) is 0.312. The van der Waals surface area contributed by atoms with E-state index in [-0.39, 0.29) is 0 Å². The first-order valence-electron chi connectivity index (χ1n) is 6.35. The molecule has 18 heavy (non-hydrogen) atoms. The summed E-state index contributed by atoms with van der Waals surface area (Å²) in [5.74, 6) is 0.387. The van der Waals surface area contributed by atoms with Crippen molar-refractivity contribution in [2.24, 2.45) is 11.1 Å². The maximum Gasteiger partial charge on any atom is 0.106 e. The van der Waals surface area contributed by atoms with Gasteiger partial charge in [0.1, 0.15) is 7.11 Å². The van der Waals surface area contributed by atoms with Crippen LogP contribution in [0.15, 0.2) is 47.1 Å². The van der Waals surface area contributed by atoms with Gasteiger partial charge in [-0.3, -0.25) is 0 Å². The van der Waals surface area contributed by atoms with Gasteiger partial charge in [0.15, 0.2) is 0 Å². The molecular weight excluding hydrogens is 222 g/mol. The monoisotopic (exact) mass is 239 g/mol. The van der Waals surface area contributed by atoms with Crippen molar-refractivity contribution in [2.45, 2.75) is 19.8 Å². The maximum atomic E-state index is 4.87. The predicted molar refractivity (Wildman–Crippen MR) is 74.4 cm³/mol. The van der Waals surface area contributed by atoms with Crippen LogP contribution in [0, 0.1) is 5.92 Å². The number of allylic oxidation sites excluding steroid dienone is 4. The lowest BCUT2D eigenvalue weighted by atomic mass is 9.87. The summed E-state index contributed by atoms with van der Waals surface area (Å²) in [7, 11) is 1.60. The highest BCUT2D eigenvalue weighted by Crippen LogP contribution is 2.40. The number of hydrogen-bond donors (Lipinski definition) is 0. The van der Waals surface area contributed by atoms with Gasteiger partial charge in [0.2, 0.25) is 0 Å². The van der Waals surface area contributed by atoms with Crippen LogP contribution in [0.3, 0.4) is 0 Å². The lowest BCUT2D eigenvalue weighted by Crippen LogP contribution is -2.12. The Morgan fingerprint density at radius 3 is 3.00 bits per heavy atom. The molecule has 3 rings (SSSR count). The van der Waals surface area contributed by atoms with Gasteiger partial charge >= 0.3 is 0 Å². The fourth-order valence-electron chi connectivity index (χ4n) is 2.89. The standard InChI is InChI=1S/C16H17NO/c1-11(17-18-2)12-7-8-16-14(9-12)10-13-5-3-4-6-15(13)16/h3-8,12H,9-10H2,1-2H3/b17-11-. The minimum atomic E-state index is 0.387. The van der Waals surface area contributed by atoms with Crippen molar-refractivity contribution >= 4 is 11.3 Å². The average molecular weight is 239 g/mol. The first-order chi connectivity index (χ1) is 8.79. The van der Waals surface area contributed by atoms with Crippen molar-refractivity contribution in [1.82, 2.24) is 0 Å². The van der Waals surface area contributed by atoms with Crippen LogP contribution in [-0.2, 0) is 11.3 Å². The Balaban J connectivity index is 1.88. The zero-order valence-corrected chi connectivity index (χ0v) is 10.8. The van der Waals surface area contributed by atoms with Gasteiger partial charge in [-0.05, 0) is 36.5 Å². The van der Waals surface area contributed by atoms with Crippen LogP contribution in [0.25, 0.3) is 5.57 Å². The van der Waals surface area contributed by atoms with Crippen LogP contribution in [-0.4, -0.2) is 12.8 Å². The van der Waals surface area contributed by atoms with E-state index in [1.807, 2.05) is 6.92 Å². The first kappa shape index (κ1) is 11.3. The summed E-state index contributed by atoms with van der Waals surface area (Å²) >= 11 is 0. The van der Waals surface area contributed by atoms with Crippen molar-refractivity contribution in [1.29, 1.82) is 0 Å². The van der Waals surface area contributed by atoms with Gasteiger partial charge in [0.05, 0.1) is 5.71 Å². The Hall–Kier alpha value is -1.83. The fourth-order valence-corrected chi connectivity index (χ4v) is 2.89. The van der Waals surface area contributed by atoms with Crippen LogP contribution in [0.5, 0.6) is 0 Å². The second kappa shape index (κ2) is 4.45. The second-order valence-corrected chi connectivity index (χ2v) is 4.94. The minimum Gasteiger partial charge on any atom is -0.399 e. The molecule has 0 saturated heterocycles. The highest BCUT2D eigenvalue weighted by atomic mass is 16.6. The Morgan fingerprint density at radius 1 is 1.33 bits per heavy atom. The van der Waals surface area contributed by atoms with Crippen LogP contribution in [0.1, 0.15) is 24.5 Å². The molecule has 1 unspecified atom stereocenters. The average Bonchev–Trinajstić information content (AvgIpc) is 2.76. The number of rotatable bonds is 2. The first-order valence-corrected chi connectivity index (χ1v) is 6.35. The van der Waals surface area contributed by atoms with E-state index in [2.05, 4.69) is 41.6 Å². The lowest BCUT2D eigenvalue weighted by Gasteiger charge is -2.18. The van der Waals surface area contributed by atoms with Gasteiger partial charge in [-0.15, -0.1) is 0 Å². The van der Waals surface area contributed by atoms with Gasteiger partial charge in [-0.25, -0.2) is 0 Å². The zero-order valence-electron chi connectivity index (χ0n) is 10.8. The van der Waals surface area contributed by atoms with Crippen molar-refractivity contribution in [3.8, 4) is 0 Å². The number of fused-ring (bicyclic) bond motifs is 2. The second-order valence-electron chi connectivity index (χ2n) is 4.94. The normalized spacial score (nSPS) is 21.9. The Kier molecular flexibility index (Phi) is 2.78. The molecule has 0 saturated carbocycles. The van der Waals surface area contributed by atoms with E-state index in [1.54, 1.807) is 7.11 Å². The summed E-state index contributed by atoms with van der Waals surface area (Å²) in [6, 6.07) is 8.69. The number of oxime groups is 1. The lowest BCUT2D eigenvalue weighted by molar-refractivity contribution is 0.211. The third-order valence-corrected chi connectivity index (χ3v) is 3.83. The Labute approximate surface area is 108 Å². The van der Waals surface area contributed by atoms with E-state index in [9.17, 15) is 0 Å². The Bertz CT molecular complexity index is 566. The molecule has 1 aromatic carbocycles. The molecule has 0 radical (unpaired) electrons. The van der Waals surface area contributed by atoms with E-state index >= 15 is 0 Å². The highest BCUT2D eigenvalue weighted by molar-refractivity contribution is 5.90. The Morgan fingerprint density at radius 2 is 2.17 bits per heavy atom. The molecule has 0 spiro atoms. The molecule has 2 heteroatoms. The molecule has 0 aliphatic heterocycles. The van der Waals surface area contributed by atoms with Gasteiger partial charge in [-0.1, -0.05) is 47.1 Å². The van der Waals surface area contributed by atoms with Crippen molar-refractivity contribution < 1.29 is 4.84 Å². The third-order valence-electron chi connectivity index (χ3n) is 3.83. The summed E-state index contributed by atoms with van der Waals surface area (Å²) in [6.45, 7) is 2.03. The minimum absolute atomic E-state index is 0.387. The van der Waals surface area contributed by atoms with Crippen molar-refractivity contribution in [3.05, 3.63) is 53.1 Å². The summed E-state index contributed by atoms with van der Waals surface area (Å²) in [4.78, 5) is 4.87. The third kappa shape index (κ3) is 1.78. The van der Waals surface area contributed by atoms with Gasteiger partial charge in [-0.2, -0.15) is 0 Å². The molecule has 0 amide bonds. The van der Waals surface area contributed by atoms with E-state index in [0.717, 1.165) is 18.6 Å². The highest BCUT2D eigenvalue weighted by Gasteiger charge is 2.25. The van der Waals surface area contributed by atoms with Crippen molar-refractivity contribution in [2.75, 3.05) is 7.11 Å². The zero-order chi connectivity index (χ0) is 12.5. The summed E-state index contributed by atoms with van der Waals surface area (Å²) < 4.78 is 0. The van der Waals surface area contributed by atoms with E-state index in [1.165, 1.54) is 22.3 Å². The molecule has 0 N–H and O–H groups in total. The largest absolute Gasteiger partial charge is 0.399 e. The number of benzene rings is 1. The molecule has 92 valence electrons. The predicted octanol–water partition coefficient (Wildman–Crippen LogP) is 3.59. The summed E-state index contributed by atoms with van der Waals surface area (Å²) in [6.07, 6.45) is 6.66. The molecule has 2 aliphatic carbocycles. The van der Waals surface area contributed by atoms with Gasteiger partial charge in [0.25, 0.3) is 0 Å². The van der Waals surface area contributed by atoms with E-state index in [0.29, 0.717) is 5.92 Å². The van der Waals surface area contributed by atoms with Crippen LogP contribution in [0.4, 0.5) is 0 Å². The quantitative estimate of drug-likeness (QED) is 0.571. The van der Waals surface area contributed by atoms with E-state index < -0.39 is 0 Å². The van der Waals surface area contributed by atoms with Crippen LogP contribution >= 0.6 is 0 Å².